The van der Waals surface area contributed by atoms with E-state index in [0.717, 1.165) is 0 Å². The van der Waals surface area contributed by atoms with Gasteiger partial charge in [-0.25, -0.2) is 0 Å². The molecule has 244 valence electrons. The van der Waals surface area contributed by atoms with E-state index in [1.807, 2.05) is 34.0 Å². The molecule has 0 saturated heterocycles. The van der Waals surface area contributed by atoms with Gasteiger partial charge >= 0.3 is 0 Å². The molecule has 4 rings (SSSR count). The van der Waals surface area contributed by atoms with E-state index in [1.165, 1.54) is 162 Å². The van der Waals surface area contributed by atoms with E-state index in [1.54, 1.807) is 4.88 Å². The average Bonchev–Trinajstić information content (AvgIpc) is 3.86. The first-order chi connectivity index (χ1) is 21.8. The van der Waals surface area contributed by atoms with Crippen molar-refractivity contribution in [3.63, 3.8) is 0 Å². The number of allylic oxidation sites excluding steroid dienone is 1. The van der Waals surface area contributed by atoms with Crippen LogP contribution >= 0.6 is 45.8 Å². The third-order valence-corrected chi connectivity index (χ3v) is 14.0. The average molecular weight is 669 g/mol. The normalized spacial score (nSPS) is 15.9. The summed E-state index contributed by atoms with van der Waals surface area (Å²) in [6.45, 7) is 4.63. The Labute approximate surface area is 287 Å². The van der Waals surface area contributed by atoms with Crippen LogP contribution in [0.4, 0.5) is 0 Å². The van der Waals surface area contributed by atoms with E-state index >= 15 is 0 Å². The second-order valence-electron chi connectivity index (χ2n) is 13.3. The summed E-state index contributed by atoms with van der Waals surface area (Å²) in [5.41, 5.74) is 3.24. The van der Waals surface area contributed by atoms with E-state index in [9.17, 15) is 0 Å². The Morgan fingerprint density at radius 3 is 1.61 bits per heavy atom. The fraction of sp³-hybridized carbons (Fsp3) is 0.650. The molecular formula is C40H60S4. The van der Waals surface area contributed by atoms with Gasteiger partial charge in [0.2, 0.25) is 0 Å². The Morgan fingerprint density at radius 1 is 0.545 bits per heavy atom. The maximum atomic E-state index is 2.67. The van der Waals surface area contributed by atoms with E-state index < -0.39 is 0 Å². The number of rotatable bonds is 25. The van der Waals surface area contributed by atoms with Crippen LogP contribution in [0, 0.1) is 5.41 Å². The third kappa shape index (κ3) is 11.2. The number of thiophene rings is 3. The summed E-state index contributed by atoms with van der Waals surface area (Å²) >= 11 is 7.94. The Kier molecular flexibility index (Phi) is 17.3. The number of unbranched alkanes of at least 4 members (excludes halogenated alkanes) is 18. The first-order valence-corrected chi connectivity index (χ1v) is 21.9. The molecule has 0 spiro atoms. The molecule has 44 heavy (non-hydrogen) atoms. The summed E-state index contributed by atoms with van der Waals surface area (Å²) in [5, 5.41) is 9.93. The van der Waals surface area contributed by atoms with Gasteiger partial charge in [-0.15, -0.1) is 45.8 Å². The van der Waals surface area contributed by atoms with Gasteiger partial charge in [-0.2, -0.15) is 0 Å². The smallest absolute Gasteiger partial charge is 0.0529 e. The zero-order valence-corrected chi connectivity index (χ0v) is 31.2. The van der Waals surface area contributed by atoms with Crippen molar-refractivity contribution >= 4 is 45.8 Å². The molecule has 3 aromatic rings. The van der Waals surface area contributed by atoms with Gasteiger partial charge in [0.05, 0.1) is 5.25 Å². The van der Waals surface area contributed by atoms with Crippen molar-refractivity contribution < 1.29 is 0 Å². The lowest BCUT2D eigenvalue weighted by Gasteiger charge is -2.35. The Morgan fingerprint density at radius 2 is 1.07 bits per heavy atom. The molecule has 1 aliphatic rings. The lowest BCUT2D eigenvalue weighted by molar-refractivity contribution is 0.294. The topological polar surface area (TPSA) is 0 Å². The maximum absolute atomic E-state index is 2.67. The first-order valence-electron chi connectivity index (χ1n) is 18.3. The summed E-state index contributed by atoms with van der Waals surface area (Å²) in [4.78, 5) is 4.50. The van der Waals surface area contributed by atoms with Crippen LogP contribution in [0.1, 0.15) is 165 Å². The Bertz CT molecular complexity index is 1130. The molecule has 0 aromatic carbocycles. The molecule has 1 unspecified atom stereocenters. The van der Waals surface area contributed by atoms with Crippen molar-refractivity contribution in [3.8, 4) is 20.9 Å². The van der Waals surface area contributed by atoms with E-state index in [-0.39, 0.29) is 0 Å². The van der Waals surface area contributed by atoms with E-state index in [0.29, 0.717) is 10.7 Å². The molecule has 0 bridgehead atoms. The van der Waals surface area contributed by atoms with Crippen molar-refractivity contribution in [3.05, 3.63) is 56.8 Å². The highest BCUT2D eigenvalue weighted by molar-refractivity contribution is 8.02. The highest BCUT2D eigenvalue weighted by Gasteiger charge is 2.42. The van der Waals surface area contributed by atoms with Crippen molar-refractivity contribution in [2.45, 2.75) is 160 Å². The lowest BCUT2D eigenvalue weighted by atomic mass is 9.74. The van der Waals surface area contributed by atoms with Crippen molar-refractivity contribution in [1.29, 1.82) is 0 Å². The molecule has 0 saturated carbocycles. The molecule has 1 atom stereocenters. The van der Waals surface area contributed by atoms with Crippen LogP contribution in [-0.2, 0) is 0 Å². The quantitative estimate of drug-likeness (QED) is 0.0810. The monoisotopic (exact) mass is 668 g/mol. The highest BCUT2D eigenvalue weighted by Crippen LogP contribution is 2.60. The predicted octanol–water partition coefficient (Wildman–Crippen LogP) is 16.1. The minimum atomic E-state index is 0.310. The molecule has 0 N–H and O–H groups in total. The zero-order chi connectivity index (χ0) is 30.7. The first kappa shape index (κ1) is 36.0. The van der Waals surface area contributed by atoms with Gasteiger partial charge in [-0.3, -0.25) is 0 Å². The zero-order valence-electron chi connectivity index (χ0n) is 28.0. The third-order valence-electron chi connectivity index (χ3n) is 9.76. The summed E-state index contributed by atoms with van der Waals surface area (Å²) in [7, 11) is 0. The summed E-state index contributed by atoms with van der Waals surface area (Å²) < 4.78 is 0. The molecule has 4 heterocycles. The van der Waals surface area contributed by atoms with Crippen LogP contribution < -0.4 is 0 Å². The molecular weight excluding hydrogens is 609 g/mol. The molecule has 0 radical (unpaired) electrons. The summed E-state index contributed by atoms with van der Waals surface area (Å²) in [5.74, 6) is 0. The van der Waals surface area contributed by atoms with Crippen LogP contribution in [-0.4, -0.2) is 0 Å². The standard InChI is InChI=1S/C40H60S4/c1-3-5-7-9-11-13-15-17-19-21-27-40(28-22-20-18-16-14-12-10-8-6-4-2)29-33-44-39(40)38-35(26-32-43-38)37-34(25-31-42-37)36-24-23-30-41-36/h23-26,29-33,39H,3-22,27-28H2,1-2H3. The van der Waals surface area contributed by atoms with E-state index in [4.69, 9.17) is 0 Å². The van der Waals surface area contributed by atoms with Crippen molar-refractivity contribution in [2.24, 2.45) is 5.41 Å². The van der Waals surface area contributed by atoms with Gasteiger partial charge in [0.25, 0.3) is 0 Å². The van der Waals surface area contributed by atoms with Gasteiger partial charge in [-0.1, -0.05) is 154 Å². The SMILES string of the molecule is CCCCCCCCCCCCC1(CCCCCCCCCCCC)C=CSC1c1sccc1-c1sccc1-c1cccs1. The van der Waals surface area contributed by atoms with Gasteiger partial charge in [0.15, 0.2) is 0 Å². The fourth-order valence-corrected chi connectivity index (χ4v) is 11.6. The molecule has 0 fully saturated rings. The van der Waals surface area contributed by atoms with Gasteiger partial charge in [-0.05, 0) is 52.6 Å². The van der Waals surface area contributed by atoms with Gasteiger partial charge in [0.1, 0.15) is 0 Å². The fourth-order valence-electron chi connectivity index (χ4n) is 7.09. The van der Waals surface area contributed by atoms with E-state index in [2.05, 4.69) is 77.5 Å². The minimum absolute atomic E-state index is 0.310. The number of hydrogen-bond donors (Lipinski definition) is 0. The Balaban J connectivity index is 1.35. The molecule has 0 amide bonds. The predicted molar refractivity (Wildman–Crippen MR) is 206 cm³/mol. The molecule has 0 aliphatic carbocycles. The molecule has 4 heteroatoms. The van der Waals surface area contributed by atoms with Gasteiger partial charge in [0, 0.05) is 31.2 Å². The summed E-state index contributed by atoms with van der Waals surface area (Å²) in [6.07, 6.45) is 33.8. The van der Waals surface area contributed by atoms with Crippen LogP contribution in [0.25, 0.3) is 20.9 Å². The lowest BCUT2D eigenvalue weighted by Crippen LogP contribution is -2.22. The second kappa shape index (κ2) is 21.1. The highest BCUT2D eigenvalue weighted by atomic mass is 32.2. The number of hydrogen-bond acceptors (Lipinski definition) is 4. The van der Waals surface area contributed by atoms with Crippen LogP contribution in [0.3, 0.4) is 0 Å². The van der Waals surface area contributed by atoms with Crippen molar-refractivity contribution in [2.75, 3.05) is 0 Å². The van der Waals surface area contributed by atoms with Crippen molar-refractivity contribution in [1.82, 2.24) is 0 Å². The maximum Gasteiger partial charge on any atom is 0.0529 e. The molecule has 0 nitrogen and oxygen atoms in total. The second-order valence-corrected chi connectivity index (χ2v) is 17.1. The van der Waals surface area contributed by atoms with Crippen LogP contribution in [0.15, 0.2) is 51.9 Å². The Hall–Kier alpha value is -0.810. The number of thioether (sulfide) groups is 1. The molecule has 1 aliphatic heterocycles. The summed E-state index contributed by atoms with van der Waals surface area (Å²) in [6, 6.07) is 9.24. The van der Waals surface area contributed by atoms with Crippen LogP contribution in [0.5, 0.6) is 0 Å². The van der Waals surface area contributed by atoms with Gasteiger partial charge < -0.3 is 0 Å². The minimum Gasteiger partial charge on any atom is -0.147 e. The van der Waals surface area contributed by atoms with Crippen LogP contribution in [0.2, 0.25) is 0 Å². The molecule has 3 aromatic heterocycles. The largest absolute Gasteiger partial charge is 0.147 e.